The van der Waals surface area contributed by atoms with Crippen LogP contribution in [0.4, 0.5) is 4.39 Å². The van der Waals surface area contributed by atoms with Crippen LogP contribution in [0.2, 0.25) is 0 Å². The Labute approximate surface area is 102 Å². The molecular formula is C13H21FOS. The van der Waals surface area contributed by atoms with Gasteiger partial charge in [-0.3, -0.25) is 9.18 Å². The van der Waals surface area contributed by atoms with E-state index < -0.39 is 0 Å². The topological polar surface area (TPSA) is 17.1 Å². The summed E-state index contributed by atoms with van der Waals surface area (Å²) in [6.45, 7) is -0.238. The van der Waals surface area contributed by atoms with Gasteiger partial charge in [-0.25, -0.2) is 0 Å². The molecule has 2 fully saturated rings. The van der Waals surface area contributed by atoms with E-state index in [9.17, 15) is 9.18 Å². The highest BCUT2D eigenvalue weighted by molar-refractivity contribution is 8.00. The van der Waals surface area contributed by atoms with Gasteiger partial charge in [0.05, 0.1) is 6.67 Å². The van der Waals surface area contributed by atoms with Gasteiger partial charge >= 0.3 is 0 Å². The average molecular weight is 244 g/mol. The molecule has 2 unspecified atom stereocenters. The number of hydrogen-bond donors (Lipinski definition) is 0. The molecule has 2 aliphatic heterocycles. The van der Waals surface area contributed by atoms with Gasteiger partial charge in [-0.05, 0) is 38.5 Å². The molecule has 0 aromatic carbocycles. The molecule has 0 aromatic heterocycles. The summed E-state index contributed by atoms with van der Waals surface area (Å²) in [5, 5.41) is 1.53. The molecule has 2 saturated heterocycles. The van der Waals surface area contributed by atoms with Gasteiger partial charge in [-0.15, -0.1) is 0 Å². The third kappa shape index (κ3) is 3.22. The van der Waals surface area contributed by atoms with E-state index >= 15 is 0 Å². The predicted molar refractivity (Wildman–Crippen MR) is 66.6 cm³/mol. The lowest BCUT2D eigenvalue weighted by atomic mass is 9.91. The largest absolute Gasteiger partial charge is 0.299 e. The first-order valence-electron chi connectivity index (χ1n) is 6.53. The number of carbonyl (C=O) groups excluding carboxylic acids is 1. The molecule has 16 heavy (non-hydrogen) atoms. The zero-order valence-electron chi connectivity index (χ0n) is 9.79. The second kappa shape index (κ2) is 6.04. The molecule has 2 bridgehead atoms. The maximum absolute atomic E-state index is 12.0. The van der Waals surface area contributed by atoms with Crippen LogP contribution in [0, 0.1) is 5.92 Å². The minimum atomic E-state index is -0.238. The first-order valence-corrected chi connectivity index (χ1v) is 7.48. The quantitative estimate of drug-likeness (QED) is 0.662. The van der Waals surface area contributed by atoms with Gasteiger partial charge in [0.1, 0.15) is 5.78 Å². The lowest BCUT2D eigenvalue weighted by Gasteiger charge is -2.26. The molecule has 1 nitrogen and oxygen atoms in total. The number of thioether (sulfide) groups is 1. The minimum Gasteiger partial charge on any atom is -0.299 e. The lowest BCUT2D eigenvalue weighted by Crippen LogP contribution is -2.24. The number of alkyl halides is 1. The Morgan fingerprint density at radius 1 is 1.12 bits per heavy atom. The highest BCUT2D eigenvalue weighted by Crippen LogP contribution is 2.46. The lowest BCUT2D eigenvalue weighted by molar-refractivity contribution is -0.123. The van der Waals surface area contributed by atoms with Crippen LogP contribution in [0.15, 0.2) is 0 Å². The van der Waals surface area contributed by atoms with Gasteiger partial charge in [-0.1, -0.05) is 6.42 Å². The van der Waals surface area contributed by atoms with Gasteiger partial charge in [0.2, 0.25) is 0 Å². The fourth-order valence-corrected chi connectivity index (χ4v) is 4.67. The molecule has 0 amide bonds. The molecule has 0 radical (unpaired) electrons. The molecule has 0 N–H and O–H groups in total. The highest BCUT2D eigenvalue weighted by Gasteiger charge is 2.37. The van der Waals surface area contributed by atoms with Crippen LogP contribution in [0.5, 0.6) is 0 Å². The summed E-state index contributed by atoms with van der Waals surface area (Å²) in [6, 6.07) is 0. The van der Waals surface area contributed by atoms with Gasteiger partial charge in [0.25, 0.3) is 0 Å². The fraction of sp³-hybridized carbons (Fsp3) is 0.923. The average Bonchev–Trinajstić information content (AvgIpc) is 2.63. The number of hydrogen-bond acceptors (Lipinski definition) is 2. The molecule has 2 rings (SSSR count). The number of Topliss-reactive ketones (excluding diaryl/α,β-unsaturated/α-hetero) is 1. The van der Waals surface area contributed by atoms with Crippen LogP contribution in [0.3, 0.4) is 0 Å². The van der Waals surface area contributed by atoms with E-state index in [-0.39, 0.29) is 6.67 Å². The van der Waals surface area contributed by atoms with Crippen molar-refractivity contribution < 1.29 is 9.18 Å². The minimum absolute atomic E-state index is 0.238. The van der Waals surface area contributed by atoms with Crippen molar-refractivity contribution in [2.45, 2.75) is 61.9 Å². The van der Waals surface area contributed by atoms with Gasteiger partial charge in [0, 0.05) is 22.8 Å². The molecular weight excluding hydrogens is 223 g/mol. The van der Waals surface area contributed by atoms with Crippen molar-refractivity contribution in [2.75, 3.05) is 6.67 Å². The highest BCUT2D eigenvalue weighted by atomic mass is 32.2. The molecule has 2 aliphatic rings. The smallest absolute Gasteiger partial charge is 0.136 e. The SMILES string of the molecule is O=C(CCCCCF)C1CC2CCC(C1)S2. The fourth-order valence-electron chi connectivity index (χ4n) is 2.90. The molecule has 3 heteroatoms. The maximum atomic E-state index is 12.0. The van der Waals surface area contributed by atoms with Crippen molar-refractivity contribution in [3.05, 3.63) is 0 Å². The molecule has 2 heterocycles. The van der Waals surface area contributed by atoms with Gasteiger partial charge < -0.3 is 0 Å². The van der Waals surface area contributed by atoms with Crippen LogP contribution >= 0.6 is 11.8 Å². The summed E-state index contributed by atoms with van der Waals surface area (Å²) in [5.41, 5.74) is 0. The number of carbonyl (C=O) groups is 1. The van der Waals surface area contributed by atoms with E-state index in [1.165, 1.54) is 12.8 Å². The monoisotopic (exact) mass is 244 g/mol. The van der Waals surface area contributed by atoms with Crippen molar-refractivity contribution in [2.24, 2.45) is 5.92 Å². The Bertz CT molecular complexity index is 232. The summed E-state index contributed by atoms with van der Waals surface area (Å²) in [5.74, 6) is 0.792. The Morgan fingerprint density at radius 3 is 2.44 bits per heavy atom. The van der Waals surface area contributed by atoms with E-state index in [1.54, 1.807) is 0 Å². The zero-order chi connectivity index (χ0) is 11.4. The number of fused-ring (bicyclic) bond motifs is 2. The van der Waals surface area contributed by atoms with Crippen LogP contribution < -0.4 is 0 Å². The predicted octanol–water partition coefficient (Wildman–Crippen LogP) is 3.76. The van der Waals surface area contributed by atoms with Crippen molar-refractivity contribution in [1.82, 2.24) is 0 Å². The van der Waals surface area contributed by atoms with Crippen LogP contribution in [-0.2, 0) is 4.79 Å². The molecule has 2 atom stereocenters. The van der Waals surface area contributed by atoms with Crippen LogP contribution in [0.1, 0.15) is 51.4 Å². The Balaban J connectivity index is 1.69. The number of halogens is 1. The summed E-state index contributed by atoms with van der Waals surface area (Å²) in [7, 11) is 0. The Morgan fingerprint density at radius 2 is 1.81 bits per heavy atom. The summed E-state index contributed by atoms with van der Waals surface area (Å²) < 4.78 is 11.9. The van der Waals surface area contributed by atoms with E-state index in [4.69, 9.17) is 0 Å². The number of ketones is 1. The molecule has 0 aromatic rings. The first kappa shape index (κ1) is 12.4. The number of unbranched alkanes of at least 4 members (excludes halogenated alkanes) is 2. The normalized spacial score (nSPS) is 32.9. The number of rotatable bonds is 6. The van der Waals surface area contributed by atoms with E-state index in [2.05, 4.69) is 11.8 Å². The third-order valence-corrected chi connectivity index (χ3v) is 5.43. The molecule has 0 aliphatic carbocycles. The second-order valence-electron chi connectivity index (χ2n) is 5.09. The Hall–Kier alpha value is -0.0500. The zero-order valence-corrected chi connectivity index (χ0v) is 10.6. The second-order valence-corrected chi connectivity index (χ2v) is 6.70. The summed E-state index contributed by atoms with van der Waals surface area (Å²) >= 11 is 2.10. The molecule has 0 saturated carbocycles. The van der Waals surface area contributed by atoms with E-state index in [0.29, 0.717) is 24.5 Å². The van der Waals surface area contributed by atoms with Crippen molar-refractivity contribution in [3.8, 4) is 0 Å². The maximum Gasteiger partial charge on any atom is 0.136 e. The van der Waals surface area contributed by atoms with Gasteiger partial charge in [-0.2, -0.15) is 11.8 Å². The van der Waals surface area contributed by atoms with Crippen LogP contribution in [-0.4, -0.2) is 23.0 Å². The van der Waals surface area contributed by atoms with Gasteiger partial charge in [0.15, 0.2) is 0 Å². The third-order valence-electron chi connectivity index (χ3n) is 3.80. The van der Waals surface area contributed by atoms with E-state index in [0.717, 1.165) is 36.2 Å². The first-order chi connectivity index (χ1) is 7.79. The summed E-state index contributed by atoms with van der Waals surface area (Å²) in [4.78, 5) is 12.0. The standard InChI is InChI=1S/C13H21FOS/c14-7-3-1-2-4-13(15)10-8-11-5-6-12(9-10)16-11/h10-12H,1-9H2. The van der Waals surface area contributed by atoms with Crippen LogP contribution in [0.25, 0.3) is 0 Å². The molecule has 92 valence electrons. The molecule has 0 spiro atoms. The van der Waals surface area contributed by atoms with Crippen molar-refractivity contribution >= 4 is 17.5 Å². The Kier molecular flexibility index (Phi) is 4.68. The van der Waals surface area contributed by atoms with Crippen molar-refractivity contribution in [3.63, 3.8) is 0 Å². The van der Waals surface area contributed by atoms with Crippen molar-refractivity contribution in [1.29, 1.82) is 0 Å². The van der Waals surface area contributed by atoms with E-state index in [1.807, 2.05) is 0 Å². The summed E-state index contributed by atoms with van der Waals surface area (Å²) in [6.07, 6.45) is 7.94.